The van der Waals surface area contributed by atoms with E-state index in [4.69, 9.17) is 18.9 Å². The van der Waals surface area contributed by atoms with Crippen LogP contribution in [0.5, 0.6) is 0 Å². The van der Waals surface area contributed by atoms with Crippen LogP contribution in [-0.2, 0) is 48.2 Å². The van der Waals surface area contributed by atoms with Crippen LogP contribution >= 0.6 is 47.0 Å². The topological polar surface area (TPSA) is 289 Å². The summed E-state index contributed by atoms with van der Waals surface area (Å²) >= 11 is 7.24. The molecule has 2 saturated carbocycles. The van der Waals surface area contributed by atoms with Crippen LogP contribution in [0.4, 0.5) is 0 Å². The number of ether oxygens (including phenoxy) is 5. The Morgan fingerprint density at radius 1 is 0.298 bits per heavy atom. The Bertz CT molecular complexity index is 2090. The molecule has 29 heteroatoms. The van der Waals surface area contributed by atoms with E-state index in [9.17, 15) is 21.6 Å². The first-order valence-corrected chi connectivity index (χ1v) is 56.5. The normalized spacial score (nSPS) is 23.4. The van der Waals surface area contributed by atoms with Crippen LogP contribution in [0.3, 0.4) is 0 Å². The lowest BCUT2D eigenvalue weighted by Gasteiger charge is -2.10. The number of morpholine rings is 1. The van der Waals surface area contributed by atoms with Gasteiger partial charge in [0, 0.05) is 141 Å². The molecule has 0 aromatic rings. The van der Waals surface area contributed by atoms with Crippen molar-refractivity contribution in [2.75, 3.05) is 236 Å². The summed E-state index contributed by atoms with van der Waals surface area (Å²) in [6.45, 7) is 29.6. The molecule has 0 aromatic carbocycles. The molecule has 712 valence electrons. The number of thioether (sulfide) groups is 4. The first-order chi connectivity index (χ1) is 59.8. The van der Waals surface area contributed by atoms with Crippen molar-refractivity contribution < 1.29 is 45.3 Å². The summed E-state index contributed by atoms with van der Waals surface area (Å²) in [4.78, 5) is 17.9. The molecular formula is C92H183N13O10S6. The molecular weight excluding hydrogens is 1640 g/mol. The molecule has 14 saturated heterocycles. The maximum Gasteiger partial charge on any atom is 0.188 e. The van der Waals surface area contributed by atoms with E-state index in [2.05, 4.69) is 103 Å². The number of hydrogen-bond donors (Lipinski definition) is 11. The van der Waals surface area contributed by atoms with Crippen molar-refractivity contribution in [1.82, 2.24) is 58.7 Å². The van der Waals surface area contributed by atoms with E-state index < -0.39 is 19.7 Å². The summed E-state index contributed by atoms with van der Waals surface area (Å²) in [5, 5.41) is 32.8. The molecule has 3 aliphatic carbocycles. The van der Waals surface area contributed by atoms with Crippen molar-refractivity contribution in [3.63, 3.8) is 0 Å². The molecule has 23 nitrogen and oxygen atoms in total. The summed E-state index contributed by atoms with van der Waals surface area (Å²) in [5.41, 5.74) is 5.94. The largest absolute Gasteiger partial charge is 0.482 e. The lowest BCUT2D eigenvalue weighted by atomic mass is 10.2. The summed E-state index contributed by atoms with van der Waals surface area (Å²) < 4.78 is 66.6. The van der Waals surface area contributed by atoms with Gasteiger partial charge in [0.2, 0.25) is 0 Å². The smallest absolute Gasteiger partial charge is 0.188 e. The highest BCUT2D eigenvalue weighted by molar-refractivity contribution is 8.14. The molecule has 18 aliphatic heterocycles. The Kier molecular flexibility index (Phi) is 98.7. The molecule has 0 spiro atoms. The third kappa shape index (κ3) is 103. The highest BCUT2D eigenvalue weighted by Gasteiger charge is 2.17. The van der Waals surface area contributed by atoms with Gasteiger partial charge in [-0.1, -0.05) is 146 Å². The molecule has 21 rings (SSSR count). The highest BCUT2D eigenvalue weighted by atomic mass is 32.2. The average Bonchev–Trinajstić information content (AvgIpc) is 1.17. The van der Waals surface area contributed by atoms with Crippen LogP contribution in [0.1, 0.15) is 283 Å². The van der Waals surface area contributed by atoms with Crippen LogP contribution in [-0.4, -0.2) is 270 Å². The number of carbonyl (C=O) groups is 1. The molecule has 21 aliphatic rings. The molecule has 0 aromatic heterocycles. The minimum Gasteiger partial charge on any atom is -0.482 e. The number of hydrogen-bond acceptors (Lipinski definition) is 27. The fourth-order valence-electron chi connectivity index (χ4n) is 12.4. The lowest BCUT2D eigenvalue weighted by Crippen LogP contribution is -2.35. The second kappa shape index (κ2) is 102. The van der Waals surface area contributed by atoms with Gasteiger partial charge in [0.1, 0.15) is 16.4 Å². The molecule has 0 unspecified atom stereocenters. The molecule has 16 fully saturated rings. The number of carbonyl (C=O) groups excluding carboxylic acids is 1. The van der Waals surface area contributed by atoms with Crippen molar-refractivity contribution >= 4 is 84.5 Å². The van der Waals surface area contributed by atoms with Crippen LogP contribution < -0.4 is 58.7 Å². The summed E-state index contributed by atoms with van der Waals surface area (Å²) in [7, 11) is -5.19. The van der Waals surface area contributed by atoms with Gasteiger partial charge >= 0.3 is 0 Å². The average molecular weight is 1820 g/mol. The van der Waals surface area contributed by atoms with Crippen molar-refractivity contribution in [2.24, 2.45) is 9.98 Å². The number of hydrazine groups is 1. The monoisotopic (exact) mass is 1820 g/mol. The Morgan fingerprint density at radius 3 is 0.893 bits per heavy atom. The summed E-state index contributed by atoms with van der Waals surface area (Å²) in [6, 6.07) is 0. The van der Waals surface area contributed by atoms with Gasteiger partial charge in [-0.3, -0.25) is 25.6 Å². The second-order valence-electron chi connectivity index (χ2n) is 31.7. The highest BCUT2D eigenvalue weighted by Crippen LogP contribution is 2.19. The van der Waals surface area contributed by atoms with Crippen LogP contribution in [0.15, 0.2) is 57.6 Å². The Hall–Kier alpha value is -1.85. The molecule has 0 bridgehead atoms. The van der Waals surface area contributed by atoms with Crippen LogP contribution in [0.25, 0.3) is 0 Å². The van der Waals surface area contributed by atoms with Gasteiger partial charge < -0.3 is 71.5 Å². The summed E-state index contributed by atoms with van der Waals surface area (Å²) in [6.07, 6.45) is 75.5. The van der Waals surface area contributed by atoms with E-state index in [1.54, 1.807) is 11.8 Å². The number of nitrogens with one attached hydrogen (secondary N) is 11. The Morgan fingerprint density at radius 2 is 0.711 bits per heavy atom. The predicted octanol–water partition coefficient (Wildman–Crippen LogP) is 16.0. The van der Waals surface area contributed by atoms with Gasteiger partial charge in [-0.05, 0) is 248 Å². The minimum absolute atomic E-state index is 0.312. The van der Waals surface area contributed by atoms with Crippen molar-refractivity contribution in [2.45, 2.75) is 283 Å². The fraction of sp³-hybridized carbons (Fsp3) is 0.880. The number of aliphatic imine (C=N–C) groups is 2. The number of sulfone groups is 2. The molecule has 121 heavy (non-hydrogen) atoms. The Balaban J connectivity index is 0.000000636. The predicted molar refractivity (Wildman–Crippen MR) is 530 cm³/mol. The Labute approximate surface area is 758 Å². The van der Waals surface area contributed by atoms with E-state index in [1.165, 1.54) is 363 Å². The standard InChI is InChI=1S/C7H14.C6H13N.C6H12O.2C5H11N.C5H9N.C5H10.C5H8.C4H9NO2S.C4H9NO.C4H9NS.C4H5NS.C4H7N.C4H8O2S.C4H6OS.C4H8O.C4H8S.C3H8N2.C3H5NO.C3H7N.C3H6O/c3*1-2-4-6-7-5-3-1;3*1-2-4-6-5-3-1;2*1-2-4-5-3-1;6-8(7)3-1-5-2-4-8;3*1-3-6-4-2-5-1;1-2-4-5-3-1;5-7(6)3-1-2-4-7;5-4-2-1-3-6-4;3*1-2-4-5-3-1;1-2-5-3-4-1;2*1-2-4-3-1/h1-7H2;7H,1-6H2;1-6H2;2*6H,1-5H2;2,4,6H,1,3,5H2;1-5H2;1-2H,3-5H2;5H,1-4H2;2*5H,1-4H2;1-5H;3H,1-2,4H2;1-4H2;1-3H2;2*1-4H2;4-5H,1-3H2;3H,1-2H2;4H,1-3H2;1-3H2. The zero-order valence-corrected chi connectivity index (χ0v) is 81.4. The van der Waals surface area contributed by atoms with Gasteiger partial charge in [0.15, 0.2) is 21.4 Å². The maximum absolute atomic E-state index is 10.6. The van der Waals surface area contributed by atoms with Gasteiger partial charge in [-0.15, -0.1) is 11.8 Å². The first kappa shape index (κ1) is 117. The maximum atomic E-state index is 10.6. The first-order valence-electron chi connectivity index (χ1n) is 48.6. The van der Waals surface area contributed by atoms with E-state index in [0.717, 1.165) is 137 Å². The van der Waals surface area contributed by atoms with Crippen molar-refractivity contribution in [3.05, 3.63) is 47.6 Å². The quantitative estimate of drug-likeness (QED) is 0.0794. The fourth-order valence-corrected chi connectivity index (χ4v) is 18.0. The van der Waals surface area contributed by atoms with E-state index >= 15 is 0 Å². The van der Waals surface area contributed by atoms with Gasteiger partial charge in [-0.25, -0.2) is 16.8 Å². The number of rotatable bonds is 0. The van der Waals surface area contributed by atoms with Crippen molar-refractivity contribution in [1.29, 1.82) is 0 Å². The SMILES string of the molecule is C1=CCCC1.C1=CNCCC1.C1=CSC=CN1.C1=NCCC1.C1=NCCO1.C1CCCC1.C1CCCCCC1.C1CCCNCC1.C1CCCOCC1.C1CCNCC1.C1CCNCC1.C1CCOC1.C1CCSC1.C1CNC1.C1CNNC1.C1COC1.C1COCCN1.C1CSCCN1.O=C1CCCS1.O=S1(=O)CCCC1.O=S1(=O)CCNCC1. The van der Waals surface area contributed by atoms with Gasteiger partial charge in [0.25, 0.3) is 0 Å². The molecule has 0 amide bonds. The third-order valence-electron chi connectivity index (χ3n) is 20.2. The van der Waals surface area contributed by atoms with Crippen LogP contribution in [0, 0.1) is 0 Å². The zero-order valence-electron chi connectivity index (χ0n) is 76.5. The molecule has 11 N–H and O–H groups in total. The van der Waals surface area contributed by atoms with E-state index in [-0.39, 0.29) is 0 Å². The zero-order chi connectivity index (χ0) is 86.5. The van der Waals surface area contributed by atoms with Gasteiger partial charge in [0.05, 0.1) is 42.8 Å². The van der Waals surface area contributed by atoms with Crippen LogP contribution in [0.2, 0.25) is 0 Å². The van der Waals surface area contributed by atoms with E-state index in [1.807, 2.05) is 47.4 Å². The lowest BCUT2D eigenvalue weighted by molar-refractivity contribution is -0.110. The second-order valence-corrected chi connectivity index (χ2v) is 40.7. The number of piperidine rings is 2. The molecule has 0 radical (unpaired) electrons. The molecule has 18 heterocycles. The minimum atomic E-state index is -2.65. The third-order valence-corrected chi connectivity index (χ3v) is 27.5. The molecule has 0 atom stereocenters. The van der Waals surface area contributed by atoms with Gasteiger partial charge in [-0.2, -0.15) is 23.5 Å². The number of allylic oxidation sites excluding steroid dienone is 3. The number of nitrogens with zero attached hydrogens (tertiary/aromatic N) is 2. The van der Waals surface area contributed by atoms with Crippen molar-refractivity contribution in [3.8, 4) is 0 Å². The summed E-state index contributed by atoms with van der Waals surface area (Å²) in [5.74, 6) is 7.97. The van der Waals surface area contributed by atoms with E-state index in [0.29, 0.717) is 41.2 Å².